The van der Waals surface area contributed by atoms with Crippen LogP contribution in [-0.4, -0.2) is 28.8 Å². The first-order valence-corrected chi connectivity index (χ1v) is 7.91. The number of methoxy groups -OCH3 is 1. The summed E-state index contributed by atoms with van der Waals surface area (Å²) in [6.07, 6.45) is 0.978. The highest BCUT2D eigenvalue weighted by molar-refractivity contribution is 5.98. The van der Waals surface area contributed by atoms with Gasteiger partial charge in [-0.1, -0.05) is 37.3 Å². The molecule has 0 saturated heterocycles. The molecule has 0 unspecified atom stereocenters. The highest BCUT2D eigenvalue weighted by atomic mass is 16.5. The van der Waals surface area contributed by atoms with Crippen LogP contribution in [-0.2, 0) is 5.72 Å². The zero-order valence-electron chi connectivity index (χ0n) is 13.8. The van der Waals surface area contributed by atoms with E-state index in [0.29, 0.717) is 29.7 Å². The van der Waals surface area contributed by atoms with Crippen molar-refractivity contribution in [1.29, 1.82) is 0 Å². The number of carbonyl (C=O) groups excluding carboxylic acids is 1. The number of carbonyl (C=O) groups is 1. The number of hydrogen-bond donors (Lipinski definition) is 1. The van der Waals surface area contributed by atoms with Crippen LogP contribution in [0.3, 0.4) is 0 Å². The van der Waals surface area contributed by atoms with Gasteiger partial charge in [0.05, 0.1) is 7.11 Å². The Hall–Kier alpha value is -2.66. The average molecular weight is 324 g/mol. The zero-order chi connectivity index (χ0) is 17.2. The van der Waals surface area contributed by atoms with E-state index in [2.05, 4.69) is 5.10 Å². The fourth-order valence-corrected chi connectivity index (χ4v) is 2.81. The summed E-state index contributed by atoms with van der Waals surface area (Å²) in [4.78, 5) is 12.9. The number of rotatable bonds is 4. The van der Waals surface area contributed by atoms with Gasteiger partial charge in [0.1, 0.15) is 5.75 Å². The van der Waals surface area contributed by atoms with Crippen LogP contribution in [0.1, 0.15) is 35.7 Å². The lowest BCUT2D eigenvalue weighted by Crippen LogP contribution is -2.43. The molecule has 1 N–H and O–H groups in total. The molecule has 0 aliphatic carbocycles. The van der Waals surface area contributed by atoms with E-state index in [9.17, 15) is 9.90 Å². The van der Waals surface area contributed by atoms with E-state index in [1.165, 1.54) is 5.01 Å². The minimum absolute atomic E-state index is 0.300. The number of amides is 1. The molecule has 1 aliphatic heterocycles. The number of hydrogen-bond acceptors (Lipinski definition) is 4. The molecule has 24 heavy (non-hydrogen) atoms. The minimum atomic E-state index is -1.48. The third kappa shape index (κ3) is 2.78. The van der Waals surface area contributed by atoms with Crippen LogP contribution in [0, 0.1) is 0 Å². The van der Waals surface area contributed by atoms with Crippen molar-refractivity contribution in [2.45, 2.75) is 25.5 Å². The molecule has 1 amide bonds. The van der Waals surface area contributed by atoms with Crippen molar-refractivity contribution in [1.82, 2.24) is 5.01 Å². The quantitative estimate of drug-likeness (QED) is 0.940. The molecule has 124 valence electrons. The van der Waals surface area contributed by atoms with Crippen LogP contribution in [0.15, 0.2) is 59.7 Å². The van der Waals surface area contributed by atoms with Crippen LogP contribution in [0.2, 0.25) is 0 Å². The van der Waals surface area contributed by atoms with Gasteiger partial charge in [-0.15, -0.1) is 0 Å². The standard InChI is InChI=1S/C19H20N2O3/c1-3-16-13-19(23,15-9-11-17(24-2)12-10-15)21(20-16)18(22)14-7-5-4-6-8-14/h4-12,23H,3,13H2,1-2H3/t19-/m0/s1. The predicted molar refractivity (Wildman–Crippen MR) is 91.8 cm³/mol. The third-order valence-electron chi connectivity index (χ3n) is 4.22. The van der Waals surface area contributed by atoms with Crippen LogP contribution in [0.4, 0.5) is 0 Å². The van der Waals surface area contributed by atoms with Gasteiger partial charge in [0.2, 0.25) is 0 Å². The lowest BCUT2D eigenvalue weighted by atomic mass is 9.96. The van der Waals surface area contributed by atoms with Gasteiger partial charge in [-0.2, -0.15) is 10.1 Å². The van der Waals surface area contributed by atoms with Gasteiger partial charge in [0.15, 0.2) is 5.72 Å². The second kappa shape index (κ2) is 6.45. The van der Waals surface area contributed by atoms with Crippen LogP contribution in [0.5, 0.6) is 5.75 Å². The maximum atomic E-state index is 12.9. The number of ether oxygens (including phenoxy) is 1. The number of nitrogens with zero attached hydrogens (tertiary/aromatic N) is 2. The molecule has 0 spiro atoms. The van der Waals surface area contributed by atoms with Crippen molar-refractivity contribution in [2.24, 2.45) is 5.10 Å². The van der Waals surface area contributed by atoms with E-state index in [-0.39, 0.29) is 5.91 Å². The van der Waals surface area contributed by atoms with Gasteiger partial charge in [-0.3, -0.25) is 4.79 Å². The molecule has 2 aromatic rings. The molecule has 0 aromatic heterocycles. The molecular formula is C19H20N2O3. The van der Waals surface area contributed by atoms with E-state index < -0.39 is 5.72 Å². The number of aliphatic hydroxyl groups is 1. The number of benzene rings is 2. The molecule has 0 fully saturated rings. The Labute approximate surface area is 141 Å². The molecule has 3 rings (SSSR count). The fraction of sp³-hybridized carbons (Fsp3) is 0.263. The first-order chi connectivity index (χ1) is 11.6. The summed E-state index contributed by atoms with van der Waals surface area (Å²) in [7, 11) is 1.59. The third-order valence-corrected chi connectivity index (χ3v) is 4.22. The van der Waals surface area contributed by atoms with Crippen LogP contribution in [0.25, 0.3) is 0 Å². The topological polar surface area (TPSA) is 62.1 Å². The van der Waals surface area contributed by atoms with Gasteiger partial charge >= 0.3 is 0 Å². The largest absolute Gasteiger partial charge is 0.497 e. The Morgan fingerprint density at radius 3 is 2.46 bits per heavy atom. The molecule has 1 heterocycles. The SMILES string of the molecule is CCC1=NN(C(=O)c2ccccc2)[C@@](O)(c2ccc(OC)cc2)C1. The Kier molecular flexibility index (Phi) is 4.36. The van der Waals surface area contributed by atoms with Crippen molar-refractivity contribution < 1.29 is 14.6 Å². The highest BCUT2D eigenvalue weighted by Crippen LogP contribution is 2.37. The Morgan fingerprint density at radius 1 is 1.21 bits per heavy atom. The molecule has 0 bridgehead atoms. The van der Waals surface area contributed by atoms with Gasteiger partial charge < -0.3 is 9.84 Å². The molecular weight excluding hydrogens is 304 g/mol. The zero-order valence-corrected chi connectivity index (χ0v) is 13.8. The first kappa shape index (κ1) is 16.2. The van der Waals surface area contributed by atoms with E-state index >= 15 is 0 Å². The summed E-state index contributed by atoms with van der Waals surface area (Å²) in [6, 6.07) is 15.9. The second-order valence-electron chi connectivity index (χ2n) is 5.72. The Morgan fingerprint density at radius 2 is 1.88 bits per heavy atom. The van der Waals surface area contributed by atoms with Crippen molar-refractivity contribution in [3.05, 3.63) is 65.7 Å². The van der Waals surface area contributed by atoms with Gasteiger partial charge in [0.25, 0.3) is 5.91 Å². The van der Waals surface area contributed by atoms with Gasteiger partial charge in [0, 0.05) is 23.3 Å². The Bertz CT molecular complexity index is 756. The van der Waals surface area contributed by atoms with Gasteiger partial charge in [-0.25, -0.2) is 0 Å². The molecule has 1 aliphatic rings. The molecule has 0 radical (unpaired) electrons. The summed E-state index contributed by atoms with van der Waals surface area (Å²) in [6.45, 7) is 1.96. The predicted octanol–water partition coefficient (Wildman–Crippen LogP) is 3.15. The maximum absolute atomic E-state index is 12.9. The van der Waals surface area contributed by atoms with Crippen molar-refractivity contribution in [3.63, 3.8) is 0 Å². The summed E-state index contributed by atoms with van der Waals surface area (Å²) in [5.74, 6) is 0.371. The molecule has 5 nitrogen and oxygen atoms in total. The first-order valence-electron chi connectivity index (χ1n) is 7.91. The van der Waals surface area contributed by atoms with Crippen LogP contribution < -0.4 is 4.74 Å². The summed E-state index contributed by atoms with van der Waals surface area (Å²) >= 11 is 0. The molecule has 5 heteroatoms. The Balaban J connectivity index is 2.00. The molecule has 1 atom stereocenters. The van der Waals surface area contributed by atoms with Crippen molar-refractivity contribution in [2.75, 3.05) is 7.11 Å². The van der Waals surface area contributed by atoms with Crippen molar-refractivity contribution >= 4 is 11.6 Å². The lowest BCUT2D eigenvalue weighted by molar-refractivity contribution is -0.0765. The highest BCUT2D eigenvalue weighted by Gasteiger charge is 2.45. The normalized spacial score (nSPS) is 20.0. The van der Waals surface area contributed by atoms with Gasteiger partial charge in [-0.05, 0) is 30.7 Å². The van der Waals surface area contributed by atoms with E-state index in [4.69, 9.17) is 4.74 Å². The summed E-state index contributed by atoms with van der Waals surface area (Å²) in [5.41, 5.74) is 0.410. The van der Waals surface area contributed by atoms with Crippen molar-refractivity contribution in [3.8, 4) is 5.75 Å². The second-order valence-corrected chi connectivity index (χ2v) is 5.72. The monoisotopic (exact) mass is 324 g/mol. The van der Waals surface area contributed by atoms with E-state index in [1.807, 2.05) is 13.0 Å². The average Bonchev–Trinajstić information content (AvgIpc) is 3.00. The van der Waals surface area contributed by atoms with Crippen LogP contribution >= 0.6 is 0 Å². The number of hydrazone groups is 1. The maximum Gasteiger partial charge on any atom is 0.276 e. The molecule has 0 saturated carbocycles. The van der Waals surface area contributed by atoms with E-state index in [1.54, 1.807) is 55.6 Å². The molecule has 2 aromatic carbocycles. The minimum Gasteiger partial charge on any atom is -0.497 e. The smallest absolute Gasteiger partial charge is 0.276 e. The van der Waals surface area contributed by atoms with E-state index in [0.717, 1.165) is 5.71 Å². The lowest BCUT2D eigenvalue weighted by Gasteiger charge is -2.31. The summed E-state index contributed by atoms with van der Waals surface area (Å²) < 4.78 is 5.16. The fourth-order valence-electron chi connectivity index (χ4n) is 2.81. The summed E-state index contributed by atoms with van der Waals surface area (Å²) in [5, 5.41) is 16.8.